The molecule has 1 aliphatic carbocycles. The van der Waals surface area contributed by atoms with E-state index in [9.17, 15) is 0 Å². The summed E-state index contributed by atoms with van der Waals surface area (Å²) in [6.45, 7) is 16.8. The first-order valence-electron chi connectivity index (χ1n) is 11.3. The van der Waals surface area contributed by atoms with Crippen molar-refractivity contribution in [2.24, 2.45) is 0 Å². The maximum atomic E-state index is 6.56. The summed E-state index contributed by atoms with van der Waals surface area (Å²) < 4.78 is 26.0. The first kappa shape index (κ1) is 21.3. The van der Waals surface area contributed by atoms with E-state index in [4.69, 9.17) is 18.6 Å². The monoisotopic (exact) mass is 418 g/mol. The second-order valence-corrected chi connectivity index (χ2v) is 11.1. The largest absolute Gasteiger partial charge is 0.495 e. The van der Waals surface area contributed by atoms with E-state index in [0.29, 0.717) is 0 Å². The molecule has 2 saturated heterocycles. The molecule has 2 aromatic rings. The Morgan fingerprint density at radius 1 is 0.613 bits per heavy atom. The van der Waals surface area contributed by atoms with Crippen molar-refractivity contribution in [2.75, 3.05) is 0 Å². The van der Waals surface area contributed by atoms with Crippen molar-refractivity contribution >= 4 is 19.7 Å². The number of rotatable bonds is 2. The van der Waals surface area contributed by atoms with Gasteiger partial charge in [0, 0.05) is 5.82 Å². The van der Waals surface area contributed by atoms with Crippen molar-refractivity contribution in [1.29, 1.82) is 0 Å². The van der Waals surface area contributed by atoms with E-state index in [-0.39, 0.29) is 12.9 Å². The molecule has 0 saturated carbocycles. The molecule has 0 spiro atoms. The smallest absolute Gasteiger partial charge is 0.403 e. The normalized spacial score (nSPS) is 26.8. The zero-order valence-electron chi connectivity index (χ0n) is 19.9. The lowest BCUT2D eigenvalue weighted by Gasteiger charge is -2.32. The van der Waals surface area contributed by atoms with Crippen molar-refractivity contribution in [3.8, 4) is 11.1 Å². The average molecular weight is 418 g/mol. The summed E-state index contributed by atoms with van der Waals surface area (Å²) in [6, 6.07) is 15.0. The highest BCUT2D eigenvalue weighted by Crippen LogP contribution is 2.50. The quantitative estimate of drug-likeness (QED) is 0.662. The van der Waals surface area contributed by atoms with Crippen molar-refractivity contribution in [1.82, 2.24) is 0 Å². The van der Waals surface area contributed by atoms with Crippen LogP contribution >= 0.6 is 0 Å². The van der Waals surface area contributed by atoms with Crippen molar-refractivity contribution in [2.45, 2.75) is 83.6 Å². The van der Waals surface area contributed by atoms with E-state index < -0.39 is 29.5 Å². The number of fused-ring (bicyclic) bond motifs is 3. The molecular weight excluding hydrogens is 386 g/mol. The van der Waals surface area contributed by atoms with Gasteiger partial charge in [-0.05, 0) is 83.1 Å². The Morgan fingerprint density at radius 3 is 1.74 bits per heavy atom. The maximum absolute atomic E-state index is 6.56. The van der Waals surface area contributed by atoms with Crippen LogP contribution in [0.15, 0.2) is 42.5 Å². The van der Waals surface area contributed by atoms with Gasteiger partial charge < -0.3 is 18.6 Å². The molecule has 2 fully saturated rings. The molecule has 3 aliphatic rings. The molecule has 2 aromatic carbocycles. The number of hydrogen-bond donors (Lipinski definition) is 0. The summed E-state index contributed by atoms with van der Waals surface area (Å²) in [5, 5.41) is 0. The summed E-state index contributed by atoms with van der Waals surface area (Å²) in [4.78, 5) is 0. The summed E-state index contributed by atoms with van der Waals surface area (Å²) in [5.41, 5.74) is 4.35. The highest BCUT2D eigenvalue weighted by atomic mass is 16.7. The average Bonchev–Trinajstić information content (AvgIpc) is 3.19. The molecule has 2 heterocycles. The first-order chi connectivity index (χ1) is 14.3. The van der Waals surface area contributed by atoms with Crippen LogP contribution in [0.4, 0.5) is 0 Å². The topological polar surface area (TPSA) is 36.9 Å². The molecule has 0 radical (unpaired) electrons. The third kappa shape index (κ3) is 2.99. The Balaban J connectivity index is 1.65. The van der Waals surface area contributed by atoms with Crippen LogP contribution < -0.4 is 5.46 Å². The van der Waals surface area contributed by atoms with E-state index in [0.717, 1.165) is 5.46 Å². The first-order valence-corrected chi connectivity index (χ1v) is 11.3. The van der Waals surface area contributed by atoms with Gasteiger partial charge in [0.25, 0.3) is 0 Å². The second kappa shape index (κ2) is 6.48. The minimum atomic E-state index is -0.431. The van der Waals surface area contributed by atoms with Gasteiger partial charge in [0.15, 0.2) is 0 Å². The standard InChI is InChI=1S/C25H32B2O4/c1-22(2)23(3,4)29-26(28-22)19-15-11-14-17-16-12-9-10-13-18(16)21(20(17)19)27-30-24(5,6)25(7,8)31-27/h9-15,21H,1-8H3. The molecule has 5 rings (SSSR count). The zero-order chi connectivity index (χ0) is 22.4. The van der Waals surface area contributed by atoms with Crippen LogP contribution in [0.2, 0.25) is 0 Å². The molecule has 6 heteroatoms. The van der Waals surface area contributed by atoms with Gasteiger partial charge in [-0.25, -0.2) is 0 Å². The van der Waals surface area contributed by atoms with Crippen LogP contribution in [0.3, 0.4) is 0 Å². The van der Waals surface area contributed by atoms with E-state index in [1.54, 1.807) is 0 Å². The fraction of sp³-hybridized carbons (Fsp3) is 0.520. The number of benzene rings is 2. The molecule has 0 aromatic heterocycles. The predicted molar refractivity (Wildman–Crippen MR) is 126 cm³/mol. The lowest BCUT2D eigenvalue weighted by molar-refractivity contribution is 0.00578. The third-order valence-electron chi connectivity index (χ3n) is 8.09. The van der Waals surface area contributed by atoms with Crippen LogP contribution in [0.1, 0.15) is 72.3 Å². The molecule has 0 N–H and O–H groups in total. The van der Waals surface area contributed by atoms with Crippen LogP contribution in [0.25, 0.3) is 11.1 Å². The molecule has 2 aliphatic heterocycles. The fourth-order valence-corrected chi connectivity index (χ4v) is 4.82. The Labute approximate surface area is 186 Å². The third-order valence-corrected chi connectivity index (χ3v) is 8.09. The van der Waals surface area contributed by atoms with Gasteiger partial charge in [0.05, 0.1) is 22.4 Å². The van der Waals surface area contributed by atoms with Crippen LogP contribution in [0, 0.1) is 0 Å². The molecule has 162 valence electrons. The lowest BCUT2D eigenvalue weighted by atomic mass is 9.61. The summed E-state index contributed by atoms with van der Waals surface area (Å²) in [6.07, 6.45) is 0. The van der Waals surface area contributed by atoms with Crippen LogP contribution in [-0.4, -0.2) is 36.6 Å². The van der Waals surface area contributed by atoms with Gasteiger partial charge >= 0.3 is 14.2 Å². The summed E-state index contributed by atoms with van der Waals surface area (Å²) in [7, 11) is -0.810. The van der Waals surface area contributed by atoms with Crippen molar-refractivity contribution in [3.05, 3.63) is 53.6 Å². The van der Waals surface area contributed by atoms with Crippen LogP contribution in [0.5, 0.6) is 0 Å². The predicted octanol–water partition coefficient (Wildman–Crippen LogP) is 4.73. The molecule has 0 bridgehead atoms. The van der Waals surface area contributed by atoms with Crippen molar-refractivity contribution < 1.29 is 18.6 Å². The van der Waals surface area contributed by atoms with E-state index in [1.165, 1.54) is 22.3 Å². The molecule has 4 nitrogen and oxygen atoms in total. The summed E-state index contributed by atoms with van der Waals surface area (Å²) in [5.74, 6) is -0.0394. The molecule has 31 heavy (non-hydrogen) atoms. The Kier molecular flexibility index (Phi) is 4.44. The Hall–Kier alpha value is -1.59. The minimum Gasteiger partial charge on any atom is -0.403 e. The van der Waals surface area contributed by atoms with Gasteiger partial charge in [-0.1, -0.05) is 42.5 Å². The molecular formula is C25H32B2O4. The van der Waals surface area contributed by atoms with Gasteiger partial charge in [0.2, 0.25) is 0 Å². The van der Waals surface area contributed by atoms with Crippen LogP contribution in [-0.2, 0) is 18.6 Å². The minimum absolute atomic E-state index is 0.0394. The van der Waals surface area contributed by atoms with E-state index >= 15 is 0 Å². The van der Waals surface area contributed by atoms with Gasteiger partial charge in [0.1, 0.15) is 0 Å². The van der Waals surface area contributed by atoms with Gasteiger partial charge in [-0.15, -0.1) is 0 Å². The number of hydrogen-bond acceptors (Lipinski definition) is 4. The highest BCUT2D eigenvalue weighted by molar-refractivity contribution is 6.64. The van der Waals surface area contributed by atoms with Gasteiger partial charge in [-0.2, -0.15) is 0 Å². The fourth-order valence-electron chi connectivity index (χ4n) is 4.82. The molecule has 1 unspecified atom stereocenters. The Morgan fingerprint density at radius 2 is 1.13 bits per heavy atom. The molecule has 0 amide bonds. The van der Waals surface area contributed by atoms with Crippen molar-refractivity contribution in [3.63, 3.8) is 0 Å². The van der Waals surface area contributed by atoms with Gasteiger partial charge in [-0.3, -0.25) is 0 Å². The SMILES string of the molecule is CC1(C)OB(c2cccc3c2C(B2OC(C)(C)C(C)(C)O2)c2ccccc2-3)OC1(C)C. The summed E-state index contributed by atoms with van der Waals surface area (Å²) >= 11 is 0. The van der Waals surface area contributed by atoms with E-state index in [1.807, 2.05) is 0 Å². The maximum Gasteiger partial charge on any atom is 0.495 e. The highest BCUT2D eigenvalue weighted by Gasteiger charge is 2.58. The zero-order valence-corrected chi connectivity index (χ0v) is 19.9. The Bertz CT molecular complexity index is 1010. The second-order valence-electron chi connectivity index (χ2n) is 11.1. The molecule has 1 atom stereocenters. The van der Waals surface area contributed by atoms with E-state index in [2.05, 4.69) is 97.9 Å². The lowest BCUT2D eigenvalue weighted by Crippen LogP contribution is -2.41.